The van der Waals surface area contributed by atoms with Gasteiger partial charge in [0.15, 0.2) is 6.61 Å². The summed E-state index contributed by atoms with van der Waals surface area (Å²) >= 11 is 0. The second-order valence-corrected chi connectivity index (χ2v) is 5.22. The fourth-order valence-corrected chi connectivity index (χ4v) is 1.58. The second-order valence-electron chi connectivity index (χ2n) is 5.22. The van der Waals surface area contributed by atoms with Gasteiger partial charge in [-0.05, 0) is 33.9 Å². The lowest BCUT2D eigenvalue weighted by molar-refractivity contribution is -0.124. The summed E-state index contributed by atoms with van der Waals surface area (Å²) in [5.74, 6) is 0.637. The molecular formula is C14H22N2O2. The summed E-state index contributed by atoms with van der Waals surface area (Å²) in [7, 11) is 1.88. The van der Waals surface area contributed by atoms with Gasteiger partial charge < -0.3 is 15.4 Å². The largest absolute Gasteiger partial charge is 0.483 e. The van der Waals surface area contributed by atoms with Crippen LogP contribution in [0.3, 0.4) is 0 Å². The lowest BCUT2D eigenvalue weighted by Gasteiger charge is -2.20. The minimum atomic E-state index is -0.231. The van der Waals surface area contributed by atoms with E-state index in [-0.39, 0.29) is 18.1 Å². The first-order chi connectivity index (χ1) is 8.42. The van der Waals surface area contributed by atoms with Gasteiger partial charge in [-0.3, -0.25) is 4.79 Å². The van der Waals surface area contributed by atoms with Crippen LogP contribution >= 0.6 is 0 Å². The van der Waals surface area contributed by atoms with Crippen molar-refractivity contribution in [2.75, 3.05) is 13.7 Å². The number of hydrogen-bond donors (Lipinski definition) is 2. The third-order valence-corrected chi connectivity index (χ3v) is 2.21. The fourth-order valence-electron chi connectivity index (χ4n) is 1.58. The van der Waals surface area contributed by atoms with Gasteiger partial charge in [-0.1, -0.05) is 18.2 Å². The van der Waals surface area contributed by atoms with Crippen LogP contribution in [0.1, 0.15) is 26.3 Å². The molecule has 1 rings (SSSR count). The van der Waals surface area contributed by atoms with E-state index in [1.807, 2.05) is 52.1 Å². The molecule has 0 aliphatic heterocycles. The van der Waals surface area contributed by atoms with Crippen molar-refractivity contribution in [3.8, 4) is 5.75 Å². The molecule has 1 aromatic rings. The summed E-state index contributed by atoms with van der Waals surface area (Å²) in [6.45, 7) is 6.59. The molecular weight excluding hydrogens is 228 g/mol. The maximum absolute atomic E-state index is 11.6. The highest BCUT2D eigenvalue weighted by atomic mass is 16.5. The van der Waals surface area contributed by atoms with Crippen LogP contribution in [-0.2, 0) is 11.3 Å². The van der Waals surface area contributed by atoms with Crippen LogP contribution in [0.4, 0.5) is 0 Å². The van der Waals surface area contributed by atoms with Crippen molar-refractivity contribution in [2.45, 2.75) is 32.9 Å². The van der Waals surface area contributed by atoms with E-state index >= 15 is 0 Å². The smallest absolute Gasteiger partial charge is 0.258 e. The molecule has 0 aliphatic carbocycles. The number of amides is 1. The number of benzene rings is 1. The number of nitrogens with one attached hydrogen (secondary N) is 2. The van der Waals surface area contributed by atoms with Crippen LogP contribution in [0.15, 0.2) is 24.3 Å². The van der Waals surface area contributed by atoms with Crippen LogP contribution in [0, 0.1) is 0 Å². The number of rotatable bonds is 5. The van der Waals surface area contributed by atoms with Gasteiger partial charge in [0.1, 0.15) is 5.75 Å². The van der Waals surface area contributed by atoms with Gasteiger partial charge in [-0.15, -0.1) is 0 Å². The average molecular weight is 250 g/mol. The predicted octanol–water partition coefficient (Wildman–Crippen LogP) is 1.70. The van der Waals surface area contributed by atoms with E-state index in [4.69, 9.17) is 4.74 Å². The molecule has 0 aliphatic rings. The third-order valence-electron chi connectivity index (χ3n) is 2.21. The summed E-state index contributed by atoms with van der Waals surface area (Å²) in [5, 5.41) is 5.93. The Hall–Kier alpha value is -1.55. The van der Waals surface area contributed by atoms with E-state index in [2.05, 4.69) is 10.6 Å². The van der Waals surface area contributed by atoms with E-state index in [9.17, 15) is 4.79 Å². The van der Waals surface area contributed by atoms with Gasteiger partial charge in [0, 0.05) is 17.6 Å². The summed E-state index contributed by atoms with van der Waals surface area (Å²) < 4.78 is 5.55. The van der Waals surface area contributed by atoms with E-state index in [0.29, 0.717) is 0 Å². The zero-order valence-corrected chi connectivity index (χ0v) is 11.5. The fraction of sp³-hybridized carbons (Fsp3) is 0.500. The highest BCUT2D eigenvalue weighted by molar-refractivity contribution is 5.78. The number of para-hydroxylation sites is 1. The molecule has 1 amide bonds. The van der Waals surface area contributed by atoms with Crippen molar-refractivity contribution < 1.29 is 9.53 Å². The number of ether oxygens (including phenoxy) is 1. The Balaban J connectivity index is 2.55. The van der Waals surface area contributed by atoms with Crippen LogP contribution in [0.2, 0.25) is 0 Å². The Bertz CT molecular complexity index is 397. The van der Waals surface area contributed by atoms with E-state index < -0.39 is 0 Å². The van der Waals surface area contributed by atoms with Crippen molar-refractivity contribution in [1.82, 2.24) is 10.6 Å². The molecule has 0 heterocycles. The minimum Gasteiger partial charge on any atom is -0.483 e. The summed E-state index contributed by atoms with van der Waals surface area (Å²) in [6, 6.07) is 7.70. The van der Waals surface area contributed by atoms with E-state index in [0.717, 1.165) is 17.9 Å². The van der Waals surface area contributed by atoms with Crippen molar-refractivity contribution in [1.29, 1.82) is 0 Å². The molecule has 1 aromatic carbocycles. The molecule has 0 unspecified atom stereocenters. The molecule has 2 N–H and O–H groups in total. The molecule has 0 atom stereocenters. The Morgan fingerprint density at radius 1 is 1.28 bits per heavy atom. The molecule has 18 heavy (non-hydrogen) atoms. The van der Waals surface area contributed by atoms with Gasteiger partial charge in [-0.25, -0.2) is 0 Å². The van der Waals surface area contributed by atoms with Gasteiger partial charge in [-0.2, -0.15) is 0 Å². The van der Waals surface area contributed by atoms with Gasteiger partial charge >= 0.3 is 0 Å². The molecule has 0 aromatic heterocycles. The third kappa shape index (κ3) is 5.19. The topological polar surface area (TPSA) is 50.4 Å². The van der Waals surface area contributed by atoms with E-state index in [1.54, 1.807) is 0 Å². The first-order valence-electron chi connectivity index (χ1n) is 6.08. The van der Waals surface area contributed by atoms with Crippen LogP contribution < -0.4 is 15.4 Å². The first kappa shape index (κ1) is 14.5. The highest BCUT2D eigenvalue weighted by Crippen LogP contribution is 2.17. The Morgan fingerprint density at radius 2 is 1.94 bits per heavy atom. The Morgan fingerprint density at radius 3 is 2.56 bits per heavy atom. The lowest BCUT2D eigenvalue weighted by Crippen LogP contribution is -2.43. The van der Waals surface area contributed by atoms with Gasteiger partial charge in [0.05, 0.1) is 0 Å². The van der Waals surface area contributed by atoms with Crippen molar-refractivity contribution in [2.24, 2.45) is 0 Å². The SMILES string of the molecule is CNCc1ccccc1OCC(=O)NC(C)(C)C. The Labute approximate surface area is 109 Å². The van der Waals surface area contributed by atoms with Crippen LogP contribution in [-0.4, -0.2) is 25.1 Å². The number of carbonyl (C=O) groups is 1. The second kappa shape index (κ2) is 6.40. The molecule has 4 heteroatoms. The molecule has 0 fully saturated rings. The molecule has 0 saturated heterocycles. The number of hydrogen-bond acceptors (Lipinski definition) is 3. The monoisotopic (exact) mass is 250 g/mol. The van der Waals surface area contributed by atoms with Crippen LogP contribution in [0.25, 0.3) is 0 Å². The zero-order chi connectivity index (χ0) is 13.6. The molecule has 0 spiro atoms. The maximum Gasteiger partial charge on any atom is 0.258 e. The summed E-state index contributed by atoms with van der Waals surface area (Å²) in [6.07, 6.45) is 0. The van der Waals surface area contributed by atoms with Gasteiger partial charge in [0.25, 0.3) is 5.91 Å². The molecule has 0 bridgehead atoms. The standard InChI is InChI=1S/C14H22N2O2/c1-14(2,3)16-13(17)10-18-12-8-6-5-7-11(12)9-15-4/h5-8,15H,9-10H2,1-4H3,(H,16,17). The van der Waals surface area contributed by atoms with Crippen molar-refractivity contribution >= 4 is 5.91 Å². The predicted molar refractivity (Wildman–Crippen MR) is 72.6 cm³/mol. The summed E-state index contributed by atoms with van der Waals surface area (Å²) in [5.41, 5.74) is 0.814. The molecule has 0 saturated carbocycles. The molecule has 0 radical (unpaired) electrons. The van der Waals surface area contributed by atoms with Crippen molar-refractivity contribution in [3.63, 3.8) is 0 Å². The first-order valence-corrected chi connectivity index (χ1v) is 6.08. The van der Waals surface area contributed by atoms with Crippen LogP contribution in [0.5, 0.6) is 5.75 Å². The summed E-state index contributed by atoms with van der Waals surface area (Å²) in [4.78, 5) is 11.6. The lowest BCUT2D eigenvalue weighted by atomic mass is 10.1. The molecule has 100 valence electrons. The van der Waals surface area contributed by atoms with E-state index in [1.165, 1.54) is 0 Å². The normalized spacial score (nSPS) is 11.1. The Kier molecular flexibility index (Phi) is 5.16. The van der Waals surface area contributed by atoms with Crippen molar-refractivity contribution in [3.05, 3.63) is 29.8 Å². The number of carbonyl (C=O) groups excluding carboxylic acids is 1. The average Bonchev–Trinajstić information content (AvgIpc) is 2.26. The van der Waals surface area contributed by atoms with Gasteiger partial charge in [0.2, 0.25) is 0 Å². The quantitative estimate of drug-likeness (QED) is 0.836. The molecule has 4 nitrogen and oxygen atoms in total. The zero-order valence-electron chi connectivity index (χ0n) is 11.5. The highest BCUT2D eigenvalue weighted by Gasteiger charge is 2.14. The maximum atomic E-state index is 11.6. The minimum absolute atomic E-state index is 0.0397.